The number of nitrogens with zero attached hydrogens (tertiary/aromatic N) is 1. The maximum atomic E-state index is 11.0. The first kappa shape index (κ1) is 12.4. The molecular formula is C12H14IN2O2+. The zero-order valence-electron chi connectivity index (χ0n) is 9.91. The number of nitrogens with one attached hydrogen (secondary N) is 1. The van der Waals surface area contributed by atoms with Gasteiger partial charge < -0.3 is 10.1 Å². The van der Waals surface area contributed by atoms with Crippen LogP contribution in [0.4, 0.5) is 5.69 Å². The van der Waals surface area contributed by atoms with Crippen molar-refractivity contribution in [2.75, 3.05) is 21.1 Å². The highest BCUT2D eigenvalue weighted by atomic mass is 127. The Kier molecular flexibility index (Phi) is 2.90. The van der Waals surface area contributed by atoms with Crippen LogP contribution in [-0.4, -0.2) is 37.2 Å². The minimum atomic E-state index is -0.919. The Morgan fingerprint density at radius 3 is 2.53 bits per heavy atom. The molecule has 0 spiro atoms. The molecule has 0 atom stereocenters. The van der Waals surface area contributed by atoms with Crippen molar-refractivity contribution in [1.82, 2.24) is 9.47 Å². The fraction of sp³-hybridized carbons (Fsp3) is 0.250. The van der Waals surface area contributed by atoms with Crippen molar-refractivity contribution in [3.8, 4) is 0 Å². The Morgan fingerprint density at radius 1 is 1.35 bits per heavy atom. The number of carboxylic acids is 1. The Balaban J connectivity index is 2.68. The Labute approximate surface area is 113 Å². The van der Waals surface area contributed by atoms with E-state index in [1.54, 1.807) is 0 Å². The number of rotatable bonds is 2. The fourth-order valence-corrected chi connectivity index (χ4v) is 2.55. The van der Waals surface area contributed by atoms with E-state index < -0.39 is 5.97 Å². The highest BCUT2D eigenvalue weighted by Crippen LogP contribution is 2.28. The van der Waals surface area contributed by atoms with Crippen LogP contribution < -0.4 is 4.48 Å². The van der Waals surface area contributed by atoms with Gasteiger partial charge in [0.15, 0.2) is 0 Å². The SMILES string of the molecule is C[N+](C)(C)c1ccc2c(I)c(C(=O)O)[nH]c2c1. The molecule has 1 heterocycles. The van der Waals surface area contributed by atoms with Gasteiger partial charge in [0.25, 0.3) is 0 Å². The lowest BCUT2D eigenvalue weighted by molar-refractivity contribution is 0.0690. The smallest absolute Gasteiger partial charge is 0.353 e. The van der Waals surface area contributed by atoms with Gasteiger partial charge in [-0.2, -0.15) is 0 Å². The molecule has 2 aromatic rings. The molecule has 0 aliphatic rings. The van der Waals surface area contributed by atoms with Crippen LogP contribution in [0.1, 0.15) is 10.5 Å². The maximum absolute atomic E-state index is 11.0. The third kappa shape index (κ3) is 2.16. The molecule has 0 unspecified atom stereocenters. The third-order valence-corrected chi connectivity index (χ3v) is 3.83. The fourth-order valence-electron chi connectivity index (χ4n) is 1.72. The molecule has 0 aliphatic heterocycles. The van der Waals surface area contributed by atoms with E-state index >= 15 is 0 Å². The summed E-state index contributed by atoms with van der Waals surface area (Å²) in [4.78, 5) is 14.0. The van der Waals surface area contributed by atoms with Crippen molar-refractivity contribution in [3.63, 3.8) is 0 Å². The summed E-state index contributed by atoms with van der Waals surface area (Å²) in [6.45, 7) is 0. The van der Waals surface area contributed by atoms with Gasteiger partial charge in [0, 0.05) is 11.5 Å². The van der Waals surface area contributed by atoms with E-state index in [4.69, 9.17) is 5.11 Å². The average Bonchev–Trinajstić information content (AvgIpc) is 2.54. The van der Waals surface area contributed by atoms with Crippen LogP contribution in [-0.2, 0) is 0 Å². The van der Waals surface area contributed by atoms with Gasteiger partial charge in [-0.25, -0.2) is 4.79 Å². The van der Waals surface area contributed by atoms with Crippen molar-refractivity contribution >= 4 is 45.2 Å². The first-order valence-electron chi connectivity index (χ1n) is 5.17. The molecule has 4 nitrogen and oxygen atoms in total. The summed E-state index contributed by atoms with van der Waals surface area (Å²) in [6.07, 6.45) is 0. The number of H-pyrrole nitrogens is 1. The maximum Gasteiger partial charge on any atom is 0.353 e. The Bertz CT molecular complexity index is 596. The standard InChI is InChI=1S/C12H13IN2O2/c1-15(2,3)7-4-5-8-9(6-7)14-11(10(8)13)12(16)17/h4-6,14H,1-3H3/p+1. The number of fused-ring (bicyclic) bond motifs is 1. The molecule has 0 amide bonds. The molecule has 1 aromatic carbocycles. The number of hydrogen-bond acceptors (Lipinski definition) is 1. The molecule has 2 rings (SSSR count). The molecule has 1 aromatic heterocycles. The molecule has 0 fully saturated rings. The van der Waals surface area contributed by atoms with E-state index in [9.17, 15) is 4.79 Å². The summed E-state index contributed by atoms with van der Waals surface area (Å²) < 4.78 is 1.46. The van der Waals surface area contributed by atoms with Crippen molar-refractivity contribution in [1.29, 1.82) is 0 Å². The lowest BCUT2D eigenvalue weighted by atomic mass is 10.2. The minimum Gasteiger partial charge on any atom is -0.477 e. The first-order chi connectivity index (χ1) is 7.80. The Hall–Kier alpha value is -1.08. The average molecular weight is 345 g/mol. The van der Waals surface area contributed by atoms with Gasteiger partial charge in [0.05, 0.1) is 30.2 Å². The molecule has 90 valence electrons. The van der Waals surface area contributed by atoms with Gasteiger partial charge in [-0.1, -0.05) is 0 Å². The lowest BCUT2D eigenvalue weighted by Crippen LogP contribution is -2.34. The largest absolute Gasteiger partial charge is 0.477 e. The van der Waals surface area contributed by atoms with Gasteiger partial charge >= 0.3 is 5.97 Å². The number of aromatic amines is 1. The van der Waals surface area contributed by atoms with Crippen LogP contribution in [0.5, 0.6) is 0 Å². The molecule has 5 heteroatoms. The molecule has 0 bridgehead atoms. The summed E-state index contributed by atoms with van der Waals surface area (Å²) in [6, 6.07) is 6.01. The second-order valence-corrected chi connectivity index (χ2v) is 5.94. The van der Waals surface area contributed by atoms with E-state index in [0.29, 0.717) is 4.48 Å². The lowest BCUT2D eigenvalue weighted by Gasteiger charge is -2.23. The van der Waals surface area contributed by atoms with Gasteiger partial charge in [-0.3, -0.25) is 4.48 Å². The molecular weight excluding hydrogens is 331 g/mol. The van der Waals surface area contributed by atoms with Crippen LogP contribution >= 0.6 is 22.6 Å². The second kappa shape index (κ2) is 3.99. The molecule has 0 saturated heterocycles. The van der Waals surface area contributed by atoms with Crippen LogP contribution in [0, 0.1) is 3.57 Å². The predicted molar refractivity (Wildman–Crippen MR) is 77.5 cm³/mol. The van der Waals surface area contributed by atoms with E-state index in [1.807, 2.05) is 18.2 Å². The monoisotopic (exact) mass is 345 g/mol. The number of benzene rings is 1. The predicted octanol–water partition coefficient (Wildman–Crippen LogP) is 2.67. The molecule has 0 radical (unpaired) electrons. The number of carboxylic acid groups (broad SMARTS) is 1. The van der Waals surface area contributed by atoms with Crippen LogP contribution in [0.3, 0.4) is 0 Å². The minimum absolute atomic E-state index is 0.263. The number of hydrogen-bond donors (Lipinski definition) is 2. The third-order valence-electron chi connectivity index (χ3n) is 2.71. The zero-order chi connectivity index (χ0) is 12.8. The van der Waals surface area contributed by atoms with Crippen molar-refractivity contribution in [2.24, 2.45) is 0 Å². The van der Waals surface area contributed by atoms with Gasteiger partial charge in [-0.15, -0.1) is 0 Å². The van der Waals surface area contributed by atoms with Crippen molar-refractivity contribution in [3.05, 3.63) is 27.5 Å². The number of aromatic carboxylic acids is 1. The summed E-state index contributed by atoms with van der Waals surface area (Å²) in [7, 11) is 6.23. The van der Waals surface area contributed by atoms with E-state index in [0.717, 1.165) is 20.2 Å². The second-order valence-electron chi connectivity index (χ2n) is 4.86. The summed E-state index contributed by atoms with van der Waals surface area (Å²) in [5.41, 5.74) is 2.27. The van der Waals surface area contributed by atoms with Crippen LogP contribution in [0.25, 0.3) is 10.9 Å². The zero-order valence-corrected chi connectivity index (χ0v) is 12.1. The summed E-state index contributed by atoms with van der Waals surface area (Å²) in [5.74, 6) is -0.919. The van der Waals surface area contributed by atoms with E-state index in [2.05, 4.69) is 48.7 Å². The normalized spacial score (nSPS) is 12.0. The first-order valence-corrected chi connectivity index (χ1v) is 6.25. The van der Waals surface area contributed by atoms with E-state index in [-0.39, 0.29) is 5.69 Å². The van der Waals surface area contributed by atoms with Gasteiger partial charge in [-0.05, 0) is 34.7 Å². The number of halogens is 1. The van der Waals surface area contributed by atoms with Crippen molar-refractivity contribution < 1.29 is 9.90 Å². The summed E-state index contributed by atoms with van der Waals surface area (Å²) in [5, 5.41) is 10.0. The highest BCUT2D eigenvalue weighted by molar-refractivity contribution is 14.1. The number of aromatic nitrogens is 1. The highest BCUT2D eigenvalue weighted by Gasteiger charge is 2.18. The Morgan fingerprint density at radius 2 is 2.00 bits per heavy atom. The van der Waals surface area contributed by atoms with Crippen LogP contribution in [0.15, 0.2) is 18.2 Å². The number of carbonyl (C=O) groups is 1. The number of quaternary nitrogens is 1. The molecule has 0 aliphatic carbocycles. The van der Waals surface area contributed by atoms with Gasteiger partial charge in [0.2, 0.25) is 0 Å². The summed E-state index contributed by atoms with van der Waals surface area (Å²) >= 11 is 2.06. The van der Waals surface area contributed by atoms with Gasteiger partial charge in [0.1, 0.15) is 11.4 Å². The van der Waals surface area contributed by atoms with Crippen LogP contribution in [0.2, 0.25) is 0 Å². The quantitative estimate of drug-likeness (QED) is 0.650. The topological polar surface area (TPSA) is 53.1 Å². The molecule has 2 N–H and O–H groups in total. The van der Waals surface area contributed by atoms with Crippen molar-refractivity contribution in [2.45, 2.75) is 0 Å². The molecule has 17 heavy (non-hydrogen) atoms. The van der Waals surface area contributed by atoms with E-state index in [1.165, 1.54) is 0 Å². The molecule has 0 saturated carbocycles.